The van der Waals surface area contributed by atoms with E-state index in [1.807, 2.05) is 29.6 Å². The van der Waals surface area contributed by atoms with Crippen molar-refractivity contribution in [3.63, 3.8) is 0 Å². The van der Waals surface area contributed by atoms with E-state index in [0.29, 0.717) is 17.5 Å². The van der Waals surface area contributed by atoms with E-state index < -0.39 is 0 Å². The minimum Gasteiger partial charge on any atom is -0.298 e. The van der Waals surface area contributed by atoms with Gasteiger partial charge in [-0.05, 0) is 34.0 Å². The van der Waals surface area contributed by atoms with Gasteiger partial charge in [0.2, 0.25) is 0 Å². The molecule has 2 nitrogen and oxygen atoms in total. The lowest BCUT2D eigenvalue weighted by Gasteiger charge is -2.28. The number of hydrogen-bond donors (Lipinski definition) is 0. The molecule has 18 heavy (non-hydrogen) atoms. The third kappa shape index (κ3) is 3.75. The van der Waals surface area contributed by atoms with Gasteiger partial charge < -0.3 is 0 Å². The van der Waals surface area contributed by atoms with Gasteiger partial charge in [0.1, 0.15) is 0 Å². The third-order valence-corrected chi connectivity index (χ3v) is 6.64. The van der Waals surface area contributed by atoms with E-state index in [2.05, 4.69) is 27.8 Å². The molecule has 1 aromatic rings. The number of carbonyl (C=O) groups excluding carboxylic acids is 1. The maximum Gasteiger partial charge on any atom is 0.151 e. The van der Waals surface area contributed by atoms with Crippen LogP contribution in [0.5, 0.6) is 0 Å². The zero-order valence-corrected chi connectivity index (χ0v) is 13.5. The van der Waals surface area contributed by atoms with Gasteiger partial charge in [-0.2, -0.15) is 11.8 Å². The lowest BCUT2D eigenvalue weighted by atomic mass is 10.1. The standard InChI is InChI=1S/C13H16BrNOS2/c1-2-12-13(18-4-3-17-12)11(16)6-9-5-10(14)8-15-7-9/h5,7-8,12-13H,2-4,6H2,1H3. The van der Waals surface area contributed by atoms with Crippen LogP contribution in [-0.2, 0) is 11.2 Å². The van der Waals surface area contributed by atoms with Crippen molar-refractivity contribution >= 4 is 45.2 Å². The van der Waals surface area contributed by atoms with E-state index in [4.69, 9.17) is 0 Å². The highest BCUT2D eigenvalue weighted by molar-refractivity contribution is 9.10. The molecule has 2 heterocycles. The number of thioether (sulfide) groups is 2. The van der Waals surface area contributed by atoms with E-state index in [1.54, 1.807) is 12.4 Å². The van der Waals surface area contributed by atoms with Crippen molar-refractivity contribution in [3.8, 4) is 0 Å². The number of rotatable bonds is 4. The SMILES string of the molecule is CCC1SCCSC1C(=O)Cc1cncc(Br)c1. The van der Waals surface area contributed by atoms with Crippen molar-refractivity contribution in [1.82, 2.24) is 4.98 Å². The molecule has 1 aliphatic heterocycles. The lowest BCUT2D eigenvalue weighted by molar-refractivity contribution is -0.117. The van der Waals surface area contributed by atoms with Crippen molar-refractivity contribution in [3.05, 3.63) is 28.5 Å². The summed E-state index contributed by atoms with van der Waals surface area (Å²) in [5.41, 5.74) is 1.00. The van der Waals surface area contributed by atoms with Crippen LogP contribution in [0.3, 0.4) is 0 Å². The number of hydrogen-bond acceptors (Lipinski definition) is 4. The molecule has 0 aromatic carbocycles. The largest absolute Gasteiger partial charge is 0.298 e. The van der Waals surface area contributed by atoms with E-state index in [0.717, 1.165) is 22.2 Å². The first-order chi connectivity index (χ1) is 8.70. The fourth-order valence-electron chi connectivity index (χ4n) is 2.06. The Morgan fingerprint density at radius 2 is 2.22 bits per heavy atom. The second-order valence-electron chi connectivity index (χ2n) is 4.26. The van der Waals surface area contributed by atoms with Crippen LogP contribution in [0.15, 0.2) is 22.9 Å². The van der Waals surface area contributed by atoms with Crippen LogP contribution in [0, 0.1) is 0 Å². The van der Waals surface area contributed by atoms with Gasteiger partial charge in [-0.3, -0.25) is 9.78 Å². The van der Waals surface area contributed by atoms with Crippen LogP contribution in [0.1, 0.15) is 18.9 Å². The molecule has 1 aromatic heterocycles. The second kappa shape index (κ2) is 6.96. The molecule has 0 spiro atoms. The Morgan fingerprint density at radius 1 is 1.44 bits per heavy atom. The summed E-state index contributed by atoms with van der Waals surface area (Å²) in [6.45, 7) is 2.17. The molecule has 5 heteroatoms. The Bertz CT molecular complexity index is 427. The smallest absolute Gasteiger partial charge is 0.151 e. The predicted octanol–water partition coefficient (Wildman–Crippen LogP) is 3.58. The molecule has 0 saturated carbocycles. The average molecular weight is 346 g/mol. The molecule has 0 bridgehead atoms. The number of ketones is 1. The average Bonchev–Trinajstić information content (AvgIpc) is 2.38. The summed E-state index contributed by atoms with van der Waals surface area (Å²) in [6.07, 6.45) is 5.10. The topological polar surface area (TPSA) is 30.0 Å². The quantitative estimate of drug-likeness (QED) is 0.834. The molecular formula is C13H16BrNOS2. The van der Waals surface area contributed by atoms with E-state index in [-0.39, 0.29) is 5.25 Å². The first-order valence-corrected chi connectivity index (χ1v) is 8.95. The van der Waals surface area contributed by atoms with Crippen LogP contribution < -0.4 is 0 Å². The summed E-state index contributed by atoms with van der Waals surface area (Å²) < 4.78 is 0.936. The molecular weight excluding hydrogens is 330 g/mol. The Hall–Kier alpha value is -0.000000000000000111. The maximum atomic E-state index is 12.4. The predicted molar refractivity (Wildman–Crippen MR) is 83.4 cm³/mol. The molecule has 2 rings (SSSR count). The van der Waals surface area contributed by atoms with Crippen LogP contribution >= 0.6 is 39.5 Å². The second-order valence-corrected chi connectivity index (χ2v) is 7.78. The van der Waals surface area contributed by atoms with Gasteiger partial charge in [0.05, 0.1) is 5.25 Å². The summed E-state index contributed by atoms with van der Waals surface area (Å²) in [5.74, 6) is 2.61. The Kier molecular flexibility index (Phi) is 5.57. The van der Waals surface area contributed by atoms with Crippen molar-refractivity contribution in [2.45, 2.75) is 30.3 Å². The monoisotopic (exact) mass is 345 g/mol. The number of carbonyl (C=O) groups is 1. The van der Waals surface area contributed by atoms with Crippen molar-refractivity contribution < 1.29 is 4.79 Å². The Balaban J connectivity index is 2.02. The fraction of sp³-hybridized carbons (Fsp3) is 0.538. The third-order valence-electron chi connectivity index (χ3n) is 2.91. The molecule has 2 unspecified atom stereocenters. The highest BCUT2D eigenvalue weighted by atomic mass is 79.9. The van der Waals surface area contributed by atoms with Crippen LogP contribution in [0.4, 0.5) is 0 Å². The van der Waals surface area contributed by atoms with Crippen LogP contribution in [0.2, 0.25) is 0 Å². The van der Waals surface area contributed by atoms with E-state index >= 15 is 0 Å². The maximum absolute atomic E-state index is 12.4. The summed E-state index contributed by atoms with van der Waals surface area (Å²) >= 11 is 7.16. The number of nitrogens with zero attached hydrogens (tertiary/aromatic N) is 1. The number of halogens is 1. The van der Waals surface area contributed by atoms with Crippen molar-refractivity contribution in [2.75, 3.05) is 11.5 Å². The molecule has 2 atom stereocenters. The zero-order chi connectivity index (χ0) is 13.0. The fourth-order valence-corrected chi connectivity index (χ4v) is 5.50. The minimum atomic E-state index is 0.160. The number of pyridine rings is 1. The molecule has 0 N–H and O–H groups in total. The molecule has 1 saturated heterocycles. The Morgan fingerprint density at radius 3 is 2.94 bits per heavy atom. The summed E-state index contributed by atoms with van der Waals surface area (Å²) in [7, 11) is 0. The summed E-state index contributed by atoms with van der Waals surface area (Å²) in [4.78, 5) is 16.5. The summed E-state index contributed by atoms with van der Waals surface area (Å²) in [6, 6.07) is 1.98. The van der Waals surface area contributed by atoms with Gasteiger partial charge in [-0.15, -0.1) is 11.8 Å². The van der Waals surface area contributed by atoms with Crippen LogP contribution in [-0.4, -0.2) is 32.8 Å². The molecule has 0 amide bonds. The van der Waals surface area contributed by atoms with Gasteiger partial charge in [0, 0.05) is 40.0 Å². The number of aromatic nitrogens is 1. The van der Waals surface area contributed by atoms with Gasteiger partial charge >= 0.3 is 0 Å². The first kappa shape index (κ1) is 14.4. The number of Topliss-reactive ketones (excluding diaryl/α,β-unsaturated/α-hetero) is 1. The highest BCUT2D eigenvalue weighted by Gasteiger charge is 2.30. The lowest BCUT2D eigenvalue weighted by Crippen LogP contribution is -2.33. The molecule has 98 valence electrons. The van der Waals surface area contributed by atoms with Gasteiger partial charge in [-0.1, -0.05) is 6.92 Å². The molecule has 1 aliphatic rings. The molecule has 0 aliphatic carbocycles. The Labute approximate surface area is 125 Å². The van der Waals surface area contributed by atoms with E-state index in [1.165, 1.54) is 5.75 Å². The summed E-state index contributed by atoms with van der Waals surface area (Å²) in [5, 5.41) is 0.643. The normalized spacial score (nSPS) is 23.9. The highest BCUT2D eigenvalue weighted by Crippen LogP contribution is 2.34. The molecule has 1 fully saturated rings. The van der Waals surface area contributed by atoms with Gasteiger partial charge in [0.25, 0.3) is 0 Å². The minimum absolute atomic E-state index is 0.160. The van der Waals surface area contributed by atoms with Crippen LogP contribution in [0.25, 0.3) is 0 Å². The first-order valence-electron chi connectivity index (χ1n) is 6.06. The zero-order valence-electron chi connectivity index (χ0n) is 10.3. The van der Waals surface area contributed by atoms with E-state index in [9.17, 15) is 4.79 Å². The van der Waals surface area contributed by atoms with Gasteiger partial charge in [-0.25, -0.2) is 0 Å². The van der Waals surface area contributed by atoms with Crippen molar-refractivity contribution in [2.24, 2.45) is 0 Å². The van der Waals surface area contributed by atoms with Gasteiger partial charge in [0.15, 0.2) is 5.78 Å². The van der Waals surface area contributed by atoms with Crippen molar-refractivity contribution in [1.29, 1.82) is 0 Å². The molecule has 0 radical (unpaired) electrons.